The number of fused-ring (bicyclic) bond motifs is 1. The lowest BCUT2D eigenvalue weighted by atomic mass is 10.2. The molecule has 0 N–H and O–H groups in total. The highest BCUT2D eigenvalue weighted by atomic mass is 15.3. The molecule has 0 radical (unpaired) electrons. The Morgan fingerprint density at radius 3 is 3.33 bits per heavy atom. The van der Waals surface area contributed by atoms with Gasteiger partial charge in [-0.2, -0.15) is 5.10 Å². The van der Waals surface area contributed by atoms with Gasteiger partial charge in [0.2, 0.25) is 0 Å². The van der Waals surface area contributed by atoms with Gasteiger partial charge in [-0.3, -0.25) is 4.68 Å². The monoisotopic (exact) mass is 161 g/mol. The Labute approximate surface area is 73.2 Å². The van der Waals surface area contributed by atoms with Crippen LogP contribution in [0.25, 0.3) is 10.9 Å². The van der Waals surface area contributed by atoms with E-state index in [0.29, 0.717) is 6.04 Å². The Hall–Kier alpha value is -1.31. The predicted octanol–water partition coefficient (Wildman–Crippen LogP) is 2.45. The third-order valence-corrected chi connectivity index (χ3v) is 1.92. The van der Waals surface area contributed by atoms with E-state index in [0.717, 1.165) is 23.9 Å². The second kappa shape index (κ2) is 2.97. The molecule has 2 heteroatoms. The minimum atomic E-state index is 0.547. The zero-order valence-electron chi connectivity index (χ0n) is 8.12. The van der Waals surface area contributed by atoms with Gasteiger partial charge in [-0.05, 0) is 12.5 Å². The van der Waals surface area contributed by atoms with Gasteiger partial charge < -0.3 is 0 Å². The number of hydrogen-bond donors (Lipinski definition) is 0. The van der Waals surface area contributed by atoms with E-state index in [-0.39, 0.29) is 0 Å². The fourth-order valence-corrected chi connectivity index (χ4v) is 1.35. The molecule has 0 aliphatic rings. The summed E-state index contributed by atoms with van der Waals surface area (Å²) in [5.41, 5.74) is 1.06. The van der Waals surface area contributed by atoms with Gasteiger partial charge >= 0.3 is 0 Å². The lowest BCUT2D eigenvalue weighted by Gasteiger charge is -1.98. The molecule has 0 atom stereocenters. The van der Waals surface area contributed by atoms with Crippen LogP contribution in [0.4, 0.5) is 0 Å². The number of benzene rings is 1. The highest BCUT2D eigenvalue weighted by Gasteiger charge is 1.98. The van der Waals surface area contributed by atoms with Crippen molar-refractivity contribution in [3.05, 3.63) is 30.4 Å². The van der Waals surface area contributed by atoms with Crippen LogP contribution >= 0.6 is 0 Å². The van der Waals surface area contributed by atoms with Gasteiger partial charge in [-0.1, -0.05) is 25.1 Å². The maximum absolute atomic E-state index is 7.50. The van der Waals surface area contributed by atoms with Crippen LogP contribution in [0.5, 0.6) is 0 Å². The normalized spacial score (nSPS) is 11.9. The molecule has 1 heterocycles. The summed E-state index contributed by atoms with van der Waals surface area (Å²) < 4.78 is 9.46. The Balaban J connectivity index is 2.58. The Morgan fingerprint density at radius 2 is 2.50 bits per heavy atom. The summed E-state index contributed by atoms with van der Waals surface area (Å²) in [4.78, 5) is 0. The highest BCUT2D eigenvalue weighted by Crippen LogP contribution is 2.12. The number of para-hydroxylation sites is 1. The van der Waals surface area contributed by atoms with E-state index in [2.05, 4.69) is 12.0 Å². The van der Waals surface area contributed by atoms with Crippen LogP contribution in [0.1, 0.15) is 14.7 Å². The maximum Gasteiger partial charge on any atom is 0.0682 e. The summed E-state index contributed by atoms with van der Waals surface area (Å²) in [6.45, 7) is 3.05. The number of aromatic nitrogens is 2. The molecule has 0 fully saturated rings. The molecule has 1 aromatic heterocycles. The number of hydrogen-bond acceptors (Lipinski definition) is 1. The standard InChI is InChI=1S/C10H12N2/c1-2-7-12-10-6-4-3-5-9(10)8-11-12/h3-6,8H,2,7H2,1H3/i4D. The van der Waals surface area contributed by atoms with E-state index in [9.17, 15) is 0 Å². The molecule has 2 nitrogen and oxygen atoms in total. The molecular formula is C10H12N2. The van der Waals surface area contributed by atoms with Crippen LogP contribution in [0.15, 0.2) is 30.4 Å². The quantitative estimate of drug-likeness (QED) is 0.661. The highest BCUT2D eigenvalue weighted by molar-refractivity contribution is 5.78. The number of rotatable bonds is 2. The van der Waals surface area contributed by atoms with E-state index in [4.69, 9.17) is 1.37 Å². The van der Waals surface area contributed by atoms with Crippen molar-refractivity contribution < 1.29 is 1.37 Å². The lowest BCUT2D eigenvalue weighted by Crippen LogP contribution is -1.97. The second-order valence-corrected chi connectivity index (χ2v) is 2.85. The summed E-state index contributed by atoms with van der Waals surface area (Å²) in [5.74, 6) is 0. The van der Waals surface area contributed by atoms with Crippen LogP contribution in [0.2, 0.25) is 0 Å². The first-order valence-electron chi connectivity index (χ1n) is 4.73. The molecule has 62 valence electrons. The van der Waals surface area contributed by atoms with E-state index >= 15 is 0 Å². The molecule has 0 saturated carbocycles. The van der Waals surface area contributed by atoms with Crippen LogP contribution in [-0.4, -0.2) is 9.78 Å². The molecule has 0 aliphatic carbocycles. The number of aryl methyl sites for hydroxylation is 1. The minimum absolute atomic E-state index is 0.547. The molecule has 2 aromatic rings. The van der Waals surface area contributed by atoms with Crippen LogP contribution in [-0.2, 0) is 6.54 Å². The largest absolute Gasteiger partial charge is 0.265 e. The fraction of sp³-hybridized carbons (Fsp3) is 0.300. The molecule has 0 aliphatic heterocycles. The summed E-state index contributed by atoms with van der Waals surface area (Å²) in [7, 11) is 0. The predicted molar refractivity (Wildman–Crippen MR) is 50.0 cm³/mol. The van der Waals surface area contributed by atoms with Crippen molar-refractivity contribution >= 4 is 10.9 Å². The molecule has 0 bridgehead atoms. The second-order valence-electron chi connectivity index (χ2n) is 2.85. The SMILES string of the molecule is [2H]c1ccc2cnn(CCC)c2c1. The van der Waals surface area contributed by atoms with E-state index in [1.165, 1.54) is 0 Å². The Bertz CT molecular complexity index is 420. The third-order valence-electron chi connectivity index (χ3n) is 1.92. The first-order chi connectivity index (χ1) is 6.31. The van der Waals surface area contributed by atoms with Crippen molar-refractivity contribution in [3.63, 3.8) is 0 Å². The Morgan fingerprint density at radius 1 is 1.58 bits per heavy atom. The summed E-state index contributed by atoms with van der Waals surface area (Å²) in [6, 6.07) is 6.14. The summed E-state index contributed by atoms with van der Waals surface area (Å²) in [6.07, 6.45) is 2.92. The first-order valence-corrected chi connectivity index (χ1v) is 4.23. The first kappa shape index (κ1) is 6.23. The zero-order valence-corrected chi connectivity index (χ0v) is 7.12. The van der Waals surface area contributed by atoms with Gasteiger partial charge in [0.1, 0.15) is 0 Å². The molecule has 0 spiro atoms. The van der Waals surface area contributed by atoms with Crippen molar-refractivity contribution in [1.29, 1.82) is 0 Å². The molecular weight excluding hydrogens is 148 g/mol. The summed E-state index contributed by atoms with van der Waals surface area (Å²) >= 11 is 0. The summed E-state index contributed by atoms with van der Waals surface area (Å²) in [5, 5.41) is 5.37. The fourth-order valence-electron chi connectivity index (χ4n) is 1.35. The van der Waals surface area contributed by atoms with E-state index in [1.807, 2.05) is 23.0 Å². The van der Waals surface area contributed by atoms with Crippen molar-refractivity contribution in [2.24, 2.45) is 0 Å². The van der Waals surface area contributed by atoms with E-state index < -0.39 is 0 Å². The minimum Gasteiger partial charge on any atom is -0.265 e. The molecule has 0 amide bonds. The van der Waals surface area contributed by atoms with Gasteiger partial charge in [0.15, 0.2) is 0 Å². The van der Waals surface area contributed by atoms with Gasteiger partial charge in [0.05, 0.1) is 13.1 Å². The smallest absolute Gasteiger partial charge is 0.0682 e. The Kier molecular flexibility index (Phi) is 1.54. The van der Waals surface area contributed by atoms with Crippen LogP contribution < -0.4 is 0 Å². The van der Waals surface area contributed by atoms with Gasteiger partial charge in [-0.25, -0.2) is 0 Å². The van der Waals surface area contributed by atoms with Gasteiger partial charge in [-0.15, -0.1) is 0 Å². The lowest BCUT2D eigenvalue weighted by molar-refractivity contribution is 0.622. The van der Waals surface area contributed by atoms with E-state index in [1.54, 1.807) is 6.07 Å². The molecule has 12 heavy (non-hydrogen) atoms. The maximum atomic E-state index is 7.50. The molecule has 1 aromatic carbocycles. The zero-order chi connectivity index (χ0) is 9.26. The molecule has 0 saturated heterocycles. The average molecular weight is 161 g/mol. The average Bonchev–Trinajstić information content (AvgIpc) is 2.49. The van der Waals surface area contributed by atoms with Crippen molar-refractivity contribution in [3.8, 4) is 0 Å². The van der Waals surface area contributed by atoms with Crippen molar-refractivity contribution in [2.75, 3.05) is 0 Å². The van der Waals surface area contributed by atoms with Gasteiger partial charge in [0, 0.05) is 11.9 Å². The molecule has 2 rings (SSSR count). The van der Waals surface area contributed by atoms with Gasteiger partial charge in [0.25, 0.3) is 0 Å². The topological polar surface area (TPSA) is 17.8 Å². The van der Waals surface area contributed by atoms with Crippen LogP contribution in [0, 0.1) is 0 Å². The van der Waals surface area contributed by atoms with Crippen molar-refractivity contribution in [1.82, 2.24) is 9.78 Å². The van der Waals surface area contributed by atoms with Crippen molar-refractivity contribution in [2.45, 2.75) is 19.9 Å². The molecule has 0 unspecified atom stereocenters. The third kappa shape index (κ3) is 1.09. The number of nitrogens with zero attached hydrogens (tertiary/aromatic N) is 2. The van der Waals surface area contributed by atoms with Crippen LogP contribution in [0.3, 0.4) is 0 Å².